The summed E-state index contributed by atoms with van der Waals surface area (Å²) < 4.78 is 10.5. The van der Waals surface area contributed by atoms with Crippen LogP contribution in [0.4, 0.5) is 5.82 Å². The first-order valence-corrected chi connectivity index (χ1v) is 6.67. The maximum absolute atomic E-state index is 11.9. The molecule has 1 aliphatic rings. The molecule has 6 nitrogen and oxygen atoms in total. The van der Waals surface area contributed by atoms with Crippen molar-refractivity contribution in [2.75, 3.05) is 12.1 Å². The molecule has 2 heterocycles. The number of rotatable bonds is 4. The number of anilines is 1. The van der Waals surface area contributed by atoms with Gasteiger partial charge in [0, 0.05) is 11.6 Å². The topological polar surface area (TPSA) is 76.2 Å². The van der Waals surface area contributed by atoms with Crippen LogP contribution in [-0.2, 0) is 11.2 Å². The molecule has 1 amide bonds. The molecule has 0 saturated carbocycles. The normalized spacial score (nSPS) is 12.8. The van der Waals surface area contributed by atoms with Crippen molar-refractivity contribution in [1.82, 2.24) is 10.2 Å². The Morgan fingerprint density at radius 1 is 1.43 bits per heavy atom. The Balaban J connectivity index is 1.67. The van der Waals surface area contributed by atoms with Gasteiger partial charge in [-0.3, -0.25) is 9.89 Å². The van der Waals surface area contributed by atoms with Gasteiger partial charge in [0.15, 0.2) is 11.5 Å². The second-order valence-electron chi connectivity index (χ2n) is 4.56. The number of hydrogen-bond donors (Lipinski definition) is 2. The summed E-state index contributed by atoms with van der Waals surface area (Å²) in [6, 6.07) is 5.52. The van der Waals surface area contributed by atoms with E-state index in [-0.39, 0.29) is 12.7 Å². The van der Waals surface area contributed by atoms with Gasteiger partial charge in [-0.1, -0.05) is 13.0 Å². The van der Waals surface area contributed by atoms with Crippen LogP contribution in [0.25, 0.3) is 6.08 Å². The van der Waals surface area contributed by atoms with E-state index in [2.05, 4.69) is 15.5 Å². The van der Waals surface area contributed by atoms with Gasteiger partial charge < -0.3 is 14.8 Å². The highest BCUT2D eigenvalue weighted by Gasteiger charge is 2.12. The second-order valence-corrected chi connectivity index (χ2v) is 4.56. The van der Waals surface area contributed by atoms with Crippen LogP contribution in [0.3, 0.4) is 0 Å². The molecule has 1 aromatic carbocycles. The van der Waals surface area contributed by atoms with Crippen molar-refractivity contribution in [2.24, 2.45) is 0 Å². The lowest BCUT2D eigenvalue weighted by molar-refractivity contribution is -0.111. The molecule has 1 aliphatic heterocycles. The number of carbonyl (C=O) groups excluding carboxylic acids is 1. The van der Waals surface area contributed by atoms with E-state index in [0.29, 0.717) is 11.6 Å². The Kier molecular flexibility index (Phi) is 3.59. The highest BCUT2D eigenvalue weighted by atomic mass is 16.7. The van der Waals surface area contributed by atoms with Crippen LogP contribution in [0, 0.1) is 0 Å². The highest BCUT2D eigenvalue weighted by Crippen LogP contribution is 2.32. The summed E-state index contributed by atoms with van der Waals surface area (Å²) in [6.07, 6.45) is 5.70. The van der Waals surface area contributed by atoms with Gasteiger partial charge in [0.1, 0.15) is 5.82 Å². The largest absolute Gasteiger partial charge is 0.454 e. The Labute approximate surface area is 121 Å². The summed E-state index contributed by atoms with van der Waals surface area (Å²) in [6.45, 7) is 2.24. The summed E-state index contributed by atoms with van der Waals surface area (Å²) >= 11 is 0. The molecule has 0 radical (unpaired) electrons. The third kappa shape index (κ3) is 2.89. The van der Waals surface area contributed by atoms with Crippen LogP contribution >= 0.6 is 0 Å². The molecular weight excluding hydrogens is 270 g/mol. The fourth-order valence-corrected chi connectivity index (χ4v) is 2.04. The molecule has 3 rings (SSSR count). The van der Waals surface area contributed by atoms with Gasteiger partial charge in [-0.2, -0.15) is 5.10 Å². The zero-order valence-corrected chi connectivity index (χ0v) is 11.6. The minimum atomic E-state index is -0.216. The molecule has 2 N–H and O–H groups in total. The zero-order chi connectivity index (χ0) is 14.7. The Morgan fingerprint density at radius 3 is 3.14 bits per heavy atom. The number of amides is 1. The molecule has 0 saturated heterocycles. The molecule has 0 unspecified atom stereocenters. The molecule has 0 spiro atoms. The predicted molar refractivity (Wildman–Crippen MR) is 78.2 cm³/mol. The number of aromatic amines is 1. The van der Waals surface area contributed by atoms with E-state index in [1.54, 1.807) is 12.3 Å². The van der Waals surface area contributed by atoms with Crippen LogP contribution in [0.15, 0.2) is 30.5 Å². The van der Waals surface area contributed by atoms with Gasteiger partial charge in [-0.05, 0) is 30.2 Å². The minimum Gasteiger partial charge on any atom is -0.454 e. The van der Waals surface area contributed by atoms with Crippen molar-refractivity contribution >= 4 is 17.8 Å². The molecule has 0 fully saturated rings. The number of nitrogens with zero attached hydrogens (tertiary/aromatic N) is 1. The van der Waals surface area contributed by atoms with Crippen LogP contribution in [0.1, 0.15) is 18.1 Å². The van der Waals surface area contributed by atoms with Crippen molar-refractivity contribution in [3.8, 4) is 11.5 Å². The average Bonchev–Trinajstić information content (AvgIpc) is 3.12. The van der Waals surface area contributed by atoms with E-state index in [1.165, 1.54) is 6.08 Å². The monoisotopic (exact) mass is 285 g/mol. The average molecular weight is 285 g/mol. The quantitative estimate of drug-likeness (QED) is 0.845. The maximum atomic E-state index is 11.9. The number of nitrogens with one attached hydrogen (secondary N) is 2. The van der Waals surface area contributed by atoms with E-state index >= 15 is 0 Å². The first-order valence-electron chi connectivity index (χ1n) is 6.67. The number of H-pyrrole nitrogens is 1. The smallest absolute Gasteiger partial charge is 0.249 e. The summed E-state index contributed by atoms with van der Waals surface area (Å²) in [5, 5.41) is 9.44. The van der Waals surface area contributed by atoms with Crippen molar-refractivity contribution in [3.63, 3.8) is 0 Å². The maximum Gasteiger partial charge on any atom is 0.249 e. The molecule has 6 heteroatoms. The number of fused-ring (bicyclic) bond motifs is 1. The van der Waals surface area contributed by atoms with Gasteiger partial charge in [-0.25, -0.2) is 0 Å². The van der Waals surface area contributed by atoms with Gasteiger partial charge >= 0.3 is 0 Å². The zero-order valence-electron chi connectivity index (χ0n) is 11.6. The SMILES string of the molecule is CCc1cn[nH]c1NC(=O)/C=C/c1ccc2c(c1)OCO2. The van der Waals surface area contributed by atoms with E-state index in [1.807, 2.05) is 25.1 Å². The third-order valence-electron chi connectivity index (χ3n) is 3.17. The molecular formula is C15H15N3O3. The van der Waals surface area contributed by atoms with E-state index < -0.39 is 0 Å². The van der Waals surface area contributed by atoms with Crippen LogP contribution < -0.4 is 14.8 Å². The van der Waals surface area contributed by atoms with Gasteiger partial charge in [0.25, 0.3) is 0 Å². The van der Waals surface area contributed by atoms with Crippen LogP contribution in [0.2, 0.25) is 0 Å². The molecule has 1 aromatic heterocycles. The van der Waals surface area contributed by atoms with Crippen LogP contribution in [0.5, 0.6) is 11.5 Å². The lowest BCUT2D eigenvalue weighted by Crippen LogP contribution is -2.09. The van der Waals surface area contributed by atoms with Crippen molar-refractivity contribution in [2.45, 2.75) is 13.3 Å². The standard InChI is InChI=1S/C15H15N3O3/c1-2-11-8-16-18-15(11)17-14(19)6-4-10-3-5-12-13(7-10)21-9-20-12/h3-8H,2,9H2,1H3,(H2,16,17,18,19)/b6-4+. The van der Waals surface area contributed by atoms with Gasteiger partial charge in [0.05, 0.1) is 6.20 Å². The van der Waals surface area contributed by atoms with Crippen LogP contribution in [-0.4, -0.2) is 22.9 Å². The summed E-state index contributed by atoms with van der Waals surface area (Å²) in [5.41, 5.74) is 1.84. The number of hydrogen-bond acceptors (Lipinski definition) is 4. The molecule has 0 atom stereocenters. The first kappa shape index (κ1) is 13.2. The van der Waals surface area contributed by atoms with E-state index in [0.717, 1.165) is 23.3 Å². The lowest BCUT2D eigenvalue weighted by Gasteiger charge is -2.01. The summed E-state index contributed by atoms with van der Waals surface area (Å²) in [7, 11) is 0. The van der Waals surface area contributed by atoms with E-state index in [4.69, 9.17) is 9.47 Å². The third-order valence-corrected chi connectivity index (χ3v) is 3.17. The molecule has 21 heavy (non-hydrogen) atoms. The van der Waals surface area contributed by atoms with E-state index in [9.17, 15) is 4.79 Å². The fourth-order valence-electron chi connectivity index (χ4n) is 2.04. The number of aromatic nitrogens is 2. The fraction of sp³-hybridized carbons (Fsp3) is 0.200. The Hall–Kier alpha value is -2.76. The van der Waals surface area contributed by atoms with Gasteiger partial charge in [0.2, 0.25) is 12.7 Å². The number of ether oxygens (including phenoxy) is 2. The predicted octanol–water partition coefficient (Wildman–Crippen LogP) is 2.35. The number of carbonyl (C=O) groups is 1. The molecule has 2 aromatic rings. The number of benzene rings is 1. The molecule has 0 aliphatic carbocycles. The second kappa shape index (κ2) is 5.70. The Morgan fingerprint density at radius 2 is 2.29 bits per heavy atom. The lowest BCUT2D eigenvalue weighted by atomic mass is 10.2. The van der Waals surface area contributed by atoms with Crippen molar-refractivity contribution < 1.29 is 14.3 Å². The summed E-state index contributed by atoms with van der Waals surface area (Å²) in [4.78, 5) is 11.9. The highest BCUT2D eigenvalue weighted by molar-refractivity contribution is 6.01. The van der Waals surface area contributed by atoms with Gasteiger partial charge in [-0.15, -0.1) is 0 Å². The summed E-state index contributed by atoms with van der Waals surface area (Å²) in [5.74, 6) is 1.84. The minimum absolute atomic E-state index is 0.216. The van der Waals surface area contributed by atoms with Crippen molar-refractivity contribution in [3.05, 3.63) is 41.6 Å². The first-order chi connectivity index (χ1) is 10.3. The molecule has 0 bridgehead atoms. The van der Waals surface area contributed by atoms with Crippen molar-refractivity contribution in [1.29, 1.82) is 0 Å². The molecule has 108 valence electrons. The number of aryl methyl sites for hydroxylation is 1. The Bertz CT molecular complexity index is 691.